The summed E-state index contributed by atoms with van der Waals surface area (Å²) in [6.45, 7) is 8.52. The molecule has 0 amide bonds. The average Bonchev–Trinajstić information content (AvgIpc) is 2.67. The van der Waals surface area contributed by atoms with Crippen LogP contribution in [0.25, 0.3) is 0 Å². The molecular weight excluding hydrogens is 332 g/mol. The minimum absolute atomic E-state index is 0.711. The zero-order chi connectivity index (χ0) is 17.3. The number of quaternary nitrogens is 1. The third kappa shape index (κ3) is 6.13. The molecule has 0 unspecified atom stereocenters. The number of piperidine rings is 1. The topological polar surface area (TPSA) is 41.0 Å². The second-order valence-electron chi connectivity index (χ2n) is 6.94. The molecule has 2 aliphatic heterocycles. The summed E-state index contributed by atoms with van der Waals surface area (Å²) in [6, 6.07) is 8.63. The molecule has 2 fully saturated rings. The van der Waals surface area contributed by atoms with E-state index in [2.05, 4.69) is 39.8 Å². The van der Waals surface area contributed by atoms with Gasteiger partial charge in [0.1, 0.15) is 13.1 Å². The number of ether oxygens (including phenoxy) is 1. The Balaban J connectivity index is 1.34. The third-order valence-electron chi connectivity index (χ3n) is 5.04. The van der Waals surface area contributed by atoms with Crippen LogP contribution in [0.15, 0.2) is 24.3 Å². The van der Waals surface area contributed by atoms with E-state index in [1.54, 1.807) is 4.90 Å². The fraction of sp³-hybridized carbons (Fsp3) is 0.632. The first-order valence-corrected chi connectivity index (χ1v) is 10.0. The van der Waals surface area contributed by atoms with Gasteiger partial charge < -0.3 is 25.2 Å². The number of thiocarbonyl (C=S) groups is 1. The number of hydrogen-bond donors (Lipinski definition) is 3. The molecule has 25 heavy (non-hydrogen) atoms. The van der Waals surface area contributed by atoms with Gasteiger partial charge in [0, 0.05) is 37.4 Å². The van der Waals surface area contributed by atoms with E-state index in [0.717, 1.165) is 45.0 Å². The summed E-state index contributed by atoms with van der Waals surface area (Å²) in [4.78, 5) is 4.11. The van der Waals surface area contributed by atoms with E-state index in [0.29, 0.717) is 5.11 Å². The largest absolute Gasteiger partial charge is 0.372 e. The SMILES string of the molecule is S=C(NCCC[NH+]1CCOCC1)Nc1ccc(N2CCCCC2)cc1. The number of hydrogen-bond acceptors (Lipinski definition) is 3. The predicted molar refractivity (Wildman–Crippen MR) is 108 cm³/mol. The van der Waals surface area contributed by atoms with Crippen molar-refractivity contribution in [3.63, 3.8) is 0 Å². The van der Waals surface area contributed by atoms with Crippen LogP contribution in [0.5, 0.6) is 0 Å². The smallest absolute Gasteiger partial charge is 0.170 e. The van der Waals surface area contributed by atoms with Crippen LogP contribution in [0.1, 0.15) is 25.7 Å². The quantitative estimate of drug-likeness (QED) is 0.525. The Morgan fingerprint density at radius 2 is 1.80 bits per heavy atom. The molecule has 0 aliphatic carbocycles. The first-order valence-electron chi connectivity index (χ1n) is 9.62. The Morgan fingerprint density at radius 1 is 1.08 bits per heavy atom. The van der Waals surface area contributed by atoms with Crippen LogP contribution in [-0.4, -0.2) is 57.6 Å². The van der Waals surface area contributed by atoms with Crippen molar-refractivity contribution in [3.05, 3.63) is 24.3 Å². The van der Waals surface area contributed by atoms with E-state index in [1.807, 2.05) is 0 Å². The van der Waals surface area contributed by atoms with Crippen molar-refractivity contribution < 1.29 is 9.64 Å². The summed E-state index contributed by atoms with van der Waals surface area (Å²) < 4.78 is 5.39. The van der Waals surface area contributed by atoms with Crippen LogP contribution in [0.4, 0.5) is 11.4 Å². The molecule has 0 spiro atoms. The molecule has 0 aromatic heterocycles. The first kappa shape index (κ1) is 18.4. The lowest BCUT2D eigenvalue weighted by Gasteiger charge is -2.28. The van der Waals surface area contributed by atoms with Crippen molar-refractivity contribution in [3.8, 4) is 0 Å². The second kappa shape index (κ2) is 9.94. The Hall–Kier alpha value is -1.37. The maximum absolute atomic E-state index is 5.40. The van der Waals surface area contributed by atoms with Gasteiger partial charge in [0.2, 0.25) is 0 Å². The van der Waals surface area contributed by atoms with Crippen molar-refractivity contribution in [2.45, 2.75) is 25.7 Å². The van der Waals surface area contributed by atoms with Gasteiger partial charge in [-0.2, -0.15) is 0 Å². The lowest BCUT2D eigenvalue weighted by atomic mass is 10.1. The first-order chi connectivity index (χ1) is 12.3. The number of benzene rings is 1. The van der Waals surface area contributed by atoms with Crippen molar-refractivity contribution >= 4 is 28.7 Å². The molecule has 2 aliphatic rings. The summed E-state index contributed by atoms with van der Waals surface area (Å²) in [7, 11) is 0. The van der Waals surface area contributed by atoms with Crippen LogP contribution >= 0.6 is 12.2 Å². The summed E-state index contributed by atoms with van der Waals surface area (Å²) in [5, 5.41) is 7.31. The van der Waals surface area contributed by atoms with Crippen molar-refractivity contribution in [1.29, 1.82) is 0 Å². The summed E-state index contributed by atoms with van der Waals surface area (Å²) in [5.74, 6) is 0. The number of anilines is 2. The van der Waals surface area contributed by atoms with E-state index in [9.17, 15) is 0 Å². The highest BCUT2D eigenvalue weighted by atomic mass is 32.1. The summed E-state index contributed by atoms with van der Waals surface area (Å²) in [5.41, 5.74) is 2.37. The minimum Gasteiger partial charge on any atom is -0.372 e. The normalized spacial score (nSPS) is 18.8. The molecule has 3 N–H and O–H groups in total. The van der Waals surface area contributed by atoms with E-state index in [-0.39, 0.29) is 0 Å². The van der Waals surface area contributed by atoms with Gasteiger partial charge in [-0.1, -0.05) is 0 Å². The van der Waals surface area contributed by atoms with Gasteiger partial charge in [-0.05, 0) is 55.7 Å². The zero-order valence-corrected chi connectivity index (χ0v) is 15.9. The predicted octanol–water partition coefficient (Wildman–Crippen LogP) is 1.27. The fourth-order valence-corrected chi connectivity index (χ4v) is 3.75. The molecule has 0 atom stereocenters. The van der Waals surface area contributed by atoms with Crippen LogP contribution in [0.2, 0.25) is 0 Å². The Morgan fingerprint density at radius 3 is 2.52 bits per heavy atom. The molecule has 138 valence electrons. The van der Waals surface area contributed by atoms with E-state index in [1.165, 1.54) is 44.6 Å². The highest BCUT2D eigenvalue weighted by Crippen LogP contribution is 2.21. The van der Waals surface area contributed by atoms with Gasteiger partial charge in [0.15, 0.2) is 5.11 Å². The Kier molecular flexibility index (Phi) is 7.33. The van der Waals surface area contributed by atoms with Crippen LogP contribution < -0.4 is 20.4 Å². The molecule has 2 heterocycles. The molecule has 6 heteroatoms. The van der Waals surface area contributed by atoms with Gasteiger partial charge in [0.05, 0.1) is 19.8 Å². The molecule has 2 saturated heterocycles. The Labute approximate surface area is 156 Å². The number of nitrogens with zero attached hydrogens (tertiary/aromatic N) is 1. The zero-order valence-electron chi connectivity index (χ0n) is 15.1. The van der Waals surface area contributed by atoms with E-state index in [4.69, 9.17) is 17.0 Å². The monoisotopic (exact) mass is 363 g/mol. The van der Waals surface area contributed by atoms with Gasteiger partial charge >= 0.3 is 0 Å². The lowest BCUT2D eigenvalue weighted by molar-refractivity contribution is -0.908. The highest BCUT2D eigenvalue weighted by Gasteiger charge is 2.13. The Bertz CT molecular complexity index is 525. The number of rotatable bonds is 6. The van der Waals surface area contributed by atoms with Crippen molar-refractivity contribution in [1.82, 2.24) is 5.32 Å². The molecule has 5 nitrogen and oxygen atoms in total. The summed E-state index contributed by atoms with van der Waals surface area (Å²) in [6.07, 6.45) is 5.11. The molecule has 0 radical (unpaired) electrons. The lowest BCUT2D eigenvalue weighted by Crippen LogP contribution is -3.14. The minimum atomic E-state index is 0.711. The fourth-order valence-electron chi connectivity index (χ4n) is 3.53. The third-order valence-corrected chi connectivity index (χ3v) is 5.29. The van der Waals surface area contributed by atoms with Gasteiger partial charge in [0.25, 0.3) is 0 Å². The molecule has 1 aromatic carbocycles. The standard InChI is InChI=1S/C19H30N4OS/c25-19(20-9-4-10-22-13-15-24-16-14-22)21-17-5-7-18(8-6-17)23-11-2-1-3-12-23/h5-8H,1-4,9-16H2,(H2,20,21,25)/p+1. The van der Waals surface area contributed by atoms with Gasteiger partial charge in [-0.25, -0.2) is 0 Å². The maximum Gasteiger partial charge on any atom is 0.170 e. The van der Waals surface area contributed by atoms with Gasteiger partial charge in [-0.15, -0.1) is 0 Å². The van der Waals surface area contributed by atoms with E-state index >= 15 is 0 Å². The molecule has 3 rings (SSSR count). The van der Waals surface area contributed by atoms with E-state index < -0.39 is 0 Å². The van der Waals surface area contributed by atoms with Crippen molar-refractivity contribution in [2.75, 3.05) is 62.7 Å². The average molecular weight is 364 g/mol. The van der Waals surface area contributed by atoms with Crippen LogP contribution in [0.3, 0.4) is 0 Å². The molecule has 1 aromatic rings. The molecular formula is C19H31N4OS+. The highest BCUT2D eigenvalue weighted by molar-refractivity contribution is 7.80. The van der Waals surface area contributed by atoms with Crippen LogP contribution in [-0.2, 0) is 4.74 Å². The second-order valence-corrected chi connectivity index (χ2v) is 7.35. The summed E-state index contributed by atoms with van der Waals surface area (Å²) >= 11 is 5.40. The number of morpholine rings is 1. The molecule has 0 bridgehead atoms. The van der Waals surface area contributed by atoms with Crippen LogP contribution in [0, 0.1) is 0 Å². The number of nitrogens with one attached hydrogen (secondary N) is 3. The van der Waals surface area contributed by atoms with Crippen molar-refractivity contribution in [2.24, 2.45) is 0 Å². The maximum atomic E-state index is 5.40. The van der Waals surface area contributed by atoms with Gasteiger partial charge in [-0.3, -0.25) is 0 Å². The molecule has 0 saturated carbocycles.